The summed E-state index contributed by atoms with van der Waals surface area (Å²) in [6, 6.07) is 7.32. The number of aliphatic hydroxyl groups is 1. The first-order chi connectivity index (χ1) is 8.20. The van der Waals surface area contributed by atoms with Gasteiger partial charge in [-0.05, 0) is 24.6 Å². The van der Waals surface area contributed by atoms with Crippen molar-refractivity contribution in [1.29, 1.82) is 5.26 Å². The van der Waals surface area contributed by atoms with E-state index < -0.39 is 6.10 Å². The predicted molar refractivity (Wildman–Crippen MR) is 64.5 cm³/mol. The fourth-order valence-electron chi connectivity index (χ4n) is 1.45. The van der Waals surface area contributed by atoms with E-state index >= 15 is 0 Å². The highest BCUT2D eigenvalue weighted by molar-refractivity contribution is 7.99. The summed E-state index contributed by atoms with van der Waals surface area (Å²) in [6.45, 7) is 1.70. The first-order valence-electron chi connectivity index (χ1n) is 5.10. The molecule has 4 nitrogen and oxygen atoms in total. The number of H-pyrrole nitrogens is 1. The molecule has 0 bridgehead atoms. The van der Waals surface area contributed by atoms with Crippen molar-refractivity contribution in [2.45, 2.75) is 23.1 Å². The molecule has 0 saturated carbocycles. The van der Waals surface area contributed by atoms with Gasteiger partial charge in [0.1, 0.15) is 0 Å². The largest absolute Gasteiger partial charge is 0.389 e. The first kappa shape index (κ1) is 11.7. The van der Waals surface area contributed by atoms with Crippen LogP contribution < -0.4 is 0 Å². The van der Waals surface area contributed by atoms with Crippen LogP contribution in [-0.4, -0.2) is 15.1 Å². The molecule has 0 amide bonds. The number of aliphatic hydroxyl groups excluding tert-OH is 1. The van der Waals surface area contributed by atoms with Crippen LogP contribution in [0.5, 0.6) is 0 Å². The van der Waals surface area contributed by atoms with Gasteiger partial charge in [-0.15, -0.1) is 0 Å². The molecular weight excluding hydrogens is 234 g/mol. The molecule has 0 spiro atoms. The number of nitriles is 1. The number of hydrogen-bond acceptors (Lipinski definition) is 4. The molecule has 1 aromatic carbocycles. The molecule has 1 aromatic heterocycles. The van der Waals surface area contributed by atoms with Crippen LogP contribution in [0, 0.1) is 11.3 Å². The Labute approximate surface area is 103 Å². The van der Waals surface area contributed by atoms with Gasteiger partial charge in [0.2, 0.25) is 0 Å². The van der Waals surface area contributed by atoms with Crippen LogP contribution >= 0.6 is 11.8 Å². The Bertz CT molecular complexity index is 543. The lowest BCUT2D eigenvalue weighted by atomic mass is 10.1. The third kappa shape index (κ3) is 2.67. The van der Waals surface area contributed by atoms with Gasteiger partial charge in [0, 0.05) is 17.3 Å². The summed E-state index contributed by atoms with van der Waals surface area (Å²) in [4.78, 5) is 7.93. The zero-order chi connectivity index (χ0) is 12.3. The van der Waals surface area contributed by atoms with Gasteiger partial charge in [0.15, 0.2) is 5.16 Å². The standard InChI is InChI=1S/C12H11N3OS/c1-8(16)10-3-2-9(7-13)6-11(10)17-12-14-4-5-15-12/h2-6,8,16H,1H3,(H,14,15)/t8-/m1/s1. The van der Waals surface area contributed by atoms with Crippen LogP contribution in [0.25, 0.3) is 0 Å². The second kappa shape index (κ2) is 5.04. The molecule has 0 aliphatic rings. The van der Waals surface area contributed by atoms with Gasteiger partial charge in [-0.1, -0.05) is 17.8 Å². The van der Waals surface area contributed by atoms with Crippen molar-refractivity contribution in [2.75, 3.05) is 0 Å². The van der Waals surface area contributed by atoms with Gasteiger partial charge in [0.05, 0.1) is 17.7 Å². The SMILES string of the molecule is C[C@@H](O)c1ccc(C#N)cc1Sc1ncc[nH]1. The van der Waals surface area contributed by atoms with E-state index in [1.165, 1.54) is 11.8 Å². The maximum absolute atomic E-state index is 9.67. The highest BCUT2D eigenvalue weighted by Crippen LogP contribution is 2.32. The molecule has 17 heavy (non-hydrogen) atoms. The molecule has 2 rings (SSSR count). The van der Waals surface area contributed by atoms with Crippen molar-refractivity contribution in [3.8, 4) is 6.07 Å². The van der Waals surface area contributed by atoms with E-state index in [9.17, 15) is 5.11 Å². The van der Waals surface area contributed by atoms with Crippen LogP contribution in [0.15, 0.2) is 40.6 Å². The molecule has 0 aliphatic carbocycles. The first-order valence-corrected chi connectivity index (χ1v) is 5.91. The van der Waals surface area contributed by atoms with E-state index in [0.717, 1.165) is 15.6 Å². The summed E-state index contributed by atoms with van der Waals surface area (Å²) in [5.41, 5.74) is 1.37. The molecule has 0 fully saturated rings. The van der Waals surface area contributed by atoms with Crippen LogP contribution in [0.2, 0.25) is 0 Å². The van der Waals surface area contributed by atoms with Crippen molar-refractivity contribution in [3.63, 3.8) is 0 Å². The van der Waals surface area contributed by atoms with Crippen LogP contribution in [0.3, 0.4) is 0 Å². The lowest BCUT2D eigenvalue weighted by Crippen LogP contribution is -1.95. The van der Waals surface area contributed by atoms with Gasteiger partial charge in [-0.25, -0.2) is 4.98 Å². The van der Waals surface area contributed by atoms with E-state index in [4.69, 9.17) is 5.26 Å². The third-order valence-electron chi connectivity index (χ3n) is 2.27. The molecule has 86 valence electrons. The lowest BCUT2D eigenvalue weighted by Gasteiger charge is -2.10. The quantitative estimate of drug-likeness (QED) is 0.871. The van der Waals surface area contributed by atoms with Crippen LogP contribution in [-0.2, 0) is 0 Å². The normalized spacial score (nSPS) is 12.1. The molecule has 1 atom stereocenters. The Morgan fingerprint density at radius 3 is 2.94 bits per heavy atom. The Kier molecular flexibility index (Phi) is 3.47. The lowest BCUT2D eigenvalue weighted by molar-refractivity contribution is 0.196. The maximum Gasteiger partial charge on any atom is 0.170 e. The zero-order valence-corrected chi connectivity index (χ0v) is 10.0. The van der Waals surface area contributed by atoms with Gasteiger partial charge in [-0.3, -0.25) is 0 Å². The maximum atomic E-state index is 9.67. The molecule has 2 N–H and O–H groups in total. The minimum atomic E-state index is -0.569. The van der Waals surface area contributed by atoms with E-state index in [2.05, 4.69) is 16.0 Å². The number of imidazole rings is 1. The number of benzene rings is 1. The van der Waals surface area contributed by atoms with Gasteiger partial charge in [-0.2, -0.15) is 5.26 Å². The average Bonchev–Trinajstić information content (AvgIpc) is 2.81. The smallest absolute Gasteiger partial charge is 0.170 e. The summed E-state index contributed by atoms with van der Waals surface area (Å²) in [5, 5.41) is 19.3. The van der Waals surface area contributed by atoms with Gasteiger partial charge in [0.25, 0.3) is 0 Å². The number of aromatic amines is 1. The molecule has 0 unspecified atom stereocenters. The summed E-state index contributed by atoms with van der Waals surface area (Å²) >= 11 is 1.40. The van der Waals surface area contributed by atoms with Crippen molar-refractivity contribution in [1.82, 2.24) is 9.97 Å². The second-order valence-corrected chi connectivity index (χ2v) is 4.57. The number of rotatable bonds is 3. The molecule has 0 radical (unpaired) electrons. The molecule has 2 aromatic rings. The second-order valence-electron chi connectivity index (χ2n) is 3.54. The minimum Gasteiger partial charge on any atom is -0.389 e. The van der Waals surface area contributed by atoms with Crippen molar-refractivity contribution in [2.24, 2.45) is 0 Å². The van der Waals surface area contributed by atoms with E-state index in [1.807, 2.05) is 0 Å². The molecule has 0 aliphatic heterocycles. The van der Waals surface area contributed by atoms with Gasteiger partial charge < -0.3 is 10.1 Å². The minimum absolute atomic E-state index is 0.569. The Morgan fingerprint density at radius 2 is 2.35 bits per heavy atom. The monoisotopic (exact) mass is 245 g/mol. The molecule has 0 saturated heterocycles. The van der Waals surface area contributed by atoms with Crippen molar-refractivity contribution in [3.05, 3.63) is 41.7 Å². The van der Waals surface area contributed by atoms with Crippen LogP contribution in [0.1, 0.15) is 24.2 Å². The highest BCUT2D eigenvalue weighted by atomic mass is 32.2. The van der Waals surface area contributed by atoms with Crippen molar-refractivity contribution < 1.29 is 5.11 Å². The van der Waals surface area contributed by atoms with Crippen LogP contribution in [0.4, 0.5) is 0 Å². The fraction of sp³-hybridized carbons (Fsp3) is 0.167. The van der Waals surface area contributed by atoms with E-state index in [0.29, 0.717) is 5.56 Å². The van der Waals surface area contributed by atoms with E-state index in [-0.39, 0.29) is 0 Å². The molecule has 1 heterocycles. The Balaban J connectivity index is 2.39. The third-order valence-corrected chi connectivity index (χ3v) is 3.26. The Hall–Kier alpha value is -1.77. The number of nitrogens with zero attached hydrogens (tertiary/aromatic N) is 2. The number of nitrogens with one attached hydrogen (secondary N) is 1. The predicted octanol–water partition coefficient (Wildman–Crippen LogP) is 2.49. The van der Waals surface area contributed by atoms with Gasteiger partial charge >= 0.3 is 0 Å². The zero-order valence-electron chi connectivity index (χ0n) is 9.21. The fourth-order valence-corrected chi connectivity index (χ4v) is 2.44. The average molecular weight is 245 g/mol. The highest BCUT2D eigenvalue weighted by Gasteiger charge is 2.11. The summed E-state index contributed by atoms with van der Waals surface area (Å²) < 4.78 is 0. The number of hydrogen-bond donors (Lipinski definition) is 2. The topological polar surface area (TPSA) is 72.7 Å². The van der Waals surface area contributed by atoms with E-state index in [1.54, 1.807) is 37.5 Å². The summed E-state index contributed by atoms with van der Waals surface area (Å²) in [5.74, 6) is 0. The summed E-state index contributed by atoms with van der Waals surface area (Å²) in [6.07, 6.45) is 2.83. The summed E-state index contributed by atoms with van der Waals surface area (Å²) in [7, 11) is 0. The molecule has 5 heteroatoms. The van der Waals surface area contributed by atoms with Crippen molar-refractivity contribution >= 4 is 11.8 Å². The molecular formula is C12H11N3OS. The Morgan fingerprint density at radius 1 is 1.53 bits per heavy atom. The number of aromatic nitrogens is 2.